The molecule has 1 heterocycles. The third-order valence-corrected chi connectivity index (χ3v) is 1.79. The number of nitrogens with zero attached hydrogens (tertiary/aromatic N) is 2. The van der Waals surface area contributed by atoms with Crippen LogP contribution in [0, 0.1) is 17.0 Å². The number of hydrogen-bond acceptors (Lipinski definition) is 5. The molecule has 0 aliphatic carbocycles. The zero-order valence-corrected chi connectivity index (χ0v) is 8.53. The maximum absolute atomic E-state index is 11.3. The summed E-state index contributed by atoms with van der Waals surface area (Å²) in [6.07, 6.45) is 0.875. The summed E-state index contributed by atoms with van der Waals surface area (Å²) in [5.74, 6) is 0.268. The van der Waals surface area contributed by atoms with E-state index in [2.05, 4.69) is 15.3 Å². The van der Waals surface area contributed by atoms with Crippen molar-refractivity contribution < 1.29 is 4.92 Å². The molecular weight excluding hydrogens is 200 g/mol. The van der Waals surface area contributed by atoms with Crippen LogP contribution in [-0.2, 0) is 0 Å². The Kier molecular flexibility index (Phi) is 3.37. The minimum absolute atomic E-state index is 0.113. The number of anilines is 1. The Balaban J connectivity index is 3.09. The van der Waals surface area contributed by atoms with E-state index >= 15 is 0 Å². The summed E-state index contributed by atoms with van der Waals surface area (Å²) in [6, 6.07) is 0. The lowest BCUT2D eigenvalue weighted by molar-refractivity contribution is -0.387. The lowest BCUT2D eigenvalue weighted by Crippen LogP contribution is -2.18. The molecule has 1 rings (SSSR count). The summed E-state index contributed by atoms with van der Waals surface area (Å²) in [5, 5.41) is 13.3. The van der Waals surface area contributed by atoms with E-state index in [-0.39, 0.29) is 11.6 Å². The summed E-state index contributed by atoms with van der Waals surface area (Å²) >= 11 is 0. The molecule has 0 unspecified atom stereocenters. The van der Waals surface area contributed by atoms with Crippen LogP contribution in [0.5, 0.6) is 0 Å². The van der Waals surface area contributed by atoms with E-state index in [0.29, 0.717) is 6.54 Å². The van der Waals surface area contributed by atoms with Gasteiger partial charge in [0.05, 0.1) is 4.92 Å². The quantitative estimate of drug-likeness (QED) is 0.568. The molecule has 0 saturated carbocycles. The van der Waals surface area contributed by atoms with Crippen LogP contribution in [0.25, 0.3) is 0 Å². The van der Waals surface area contributed by atoms with E-state index in [1.807, 2.05) is 6.92 Å². The highest BCUT2D eigenvalue weighted by molar-refractivity contribution is 5.37. The molecule has 0 bridgehead atoms. The molecule has 7 heteroatoms. The largest absolute Gasteiger partial charge is 0.356 e. The van der Waals surface area contributed by atoms with Crippen molar-refractivity contribution in [1.29, 1.82) is 0 Å². The Morgan fingerprint density at radius 1 is 1.60 bits per heavy atom. The first-order valence-corrected chi connectivity index (χ1v) is 4.55. The number of nitrogens with one attached hydrogen (secondary N) is 2. The fraction of sp³-hybridized carbons (Fsp3) is 0.500. The molecule has 0 atom stereocenters. The van der Waals surface area contributed by atoms with Crippen molar-refractivity contribution in [3.05, 3.63) is 26.2 Å². The van der Waals surface area contributed by atoms with E-state index < -0.39 is 16.2 Å². The van der Waals surface area contributed by atoms with Gasteiger partial charge in [-0.2, -0.15) is 0 Å². The maximum atomic E-state index is 11.3. The van der Waals surface area contributed by atoms with Crippen LogP contribution in [0.1, 0.15) is 19.0 Å². The van der Waals surface area contributed by atoms with Crippen LogP contribution < -0.4 is 10.9 Å². The third-order valence-electron chi connectivity index (χ3n) is 1.79. The number of hydrogen-bond donors (Lipinski definition) is 2. The van der Waals surface area contributed by atoms with Crippen molar-refractivity contribution in [3.8, 4) is 0 Å². The van der Waals surface area contributed by atoms with Gasteiger partial charge in [0.1, 0.15) is 5.69 Å². The van der Waals surface area contributed by atoms with Gasteiger partial charge >= 0.3 is 11.2 Å². The van der Waals surface area contributed by atoms with Crippen LogP contribution >= 0.6 is 0 Å². The van der Waals surface area contributed by atoms with Gasteiger partial charge in [-0.05, 0) is 13.3 Å². The molecule has 0 radical (unpaired) electrons. The van der Waals surface area contributed by atoms with Gasteiger partial charge in [-0.1, -0.05) is 6.92 Å². The smallest absolute Gasteiger partial charge is 0.354 e. The minimum Gasteiger partial charge on any atom is -0.356 e. The highest BCUT2D eigenvalue weighted by Gasteiger charge is 2.18. The van der Waals surface area contributed by atoms with Crippen LogP contribution in [-0.4, -0.2) is 21.4 Å². The molecule has 1 aromatic heterocycles. The highest BCUT2D eigenvalue weighted by Crippen LogP contribution is 2.09. The average Bonchev–Trinajstić information content (AvgIpc) is 2.12. The molecular formula is C8H12N4O3. The second-order valence-electron chi connectivity index (χ2n) is 3.03. The molecule has 0 saturated heterocycles. The van der Waals surface area contributed by atoms with Gasteiger partial charge in [-0.15, -0.1) is 0 Å². The average molecular weight is 212 g/mol. The first kappa shape index (κ1) is 11.2. The molecule has 0 spiro atoms. The Morgan fingerprint density at radius 3 is 2.73 bits per heavy atom. The SMILES string of the molecule is CCCNc1nc(C)c([N+](=O)[O-])c(=O)[nH]1. The van der Waals surface area contributed by atoms with E-state index in [9.17, 15) is 14.9 Å². The topological polar surface area (TPSA) is 101 Å². The monoisotopic (exact) mass is 212 g/mol. The van der Waals surface area contributed by atoms with Gasteiger partial charge in [-0.25, -0.2) is 4.98 Å². The summed E-state index contributed by atoms with van der Waals surface area (Å²) < 4.78 is 0. The van der Waals surface area contributed by atoms with Crippen LogP contribution in [0.3, 0.4) is 0 Å². The normalized spacial score (nSPS) is 10.0. The van der Waals surface area contributed by atoms with Crippen molar-refractivity contribution in [1.82, 2.24) is 9.97 Å². The van der Waals surface area contributed by atoms with Crippen LogP contribution in [0.4, 0.5) is 11.6 Å². The second-order valence-corrected chi connectivity index (χ2v) is 3.03. The summed E-state index contributed by atoms with van der Waals surface area (Å²) in [4.78, 5) is 27.2. The third kappa shape index (κ3) is 2.52. The zero-order valence-electron chi connectivity index (χ0n) is 8.53. The van der Waals surface area contributed by atoms with Gasteiger partial charge in [0.15, 0.2) is 0 Å². The Labute approximate surface area is 85.7 Å². The summed E-state index contributed by atoms with van der Waals surface area (Å²) in [5.41, 5.74) is -1.12. The van der Waals surface area contributed by atoms with Crippen LogP contribution in [0.15, 0.2) is 4.79 Å². The second kappa shape index (κ2) is 4.54. The number of aryl methyl sites for hydroxylation is 1. The molecule has 0 aliphatic rings. The summed E-state index contributed by atoms with van der Waals surface area (Å²) in [6.45, 7) is 4.05. The first-order chi connectivity index (χ1) is 7.06. The zero-order chi connectivity index (χ0) is 11.4. The molecule has 15 heavy (non-hydrogen) atoms. The lowest BCUT2D eigenvalue weighted by atomic mass is 10.4. The lowest BCUT2D eigenvalue weighted by Gasteiger charge is -2.03. The van der Waals surface area contributed by atoms with Gasteiger partial charge in [-0.3, -0.25) is 19.9 Å². The predicted molar refractivity (Wildman–Crippen MR) is 55.0 cm³/mol. The van der Waals surface area contributed by atoms with Gasteiger partial charge in [0.2, 0.25) is 5.95 Å². The molecule has 0 aliphatic heterocycles. The maximum Gasteiger partial charge on any atom is 0.354 e. The molecule has 7 nitrogen and oxygen atoms in total. The number of aromatic nitrogens is 2. The summed E-state index contributed by atoms with van der Waals surface area (Å²) in [7, 11) is 0. The fourth-order valence-electron chi connectivity index (χ4n) is 1.12. The van der Waals surface area contributed by atoms with E-state index in [0.717, 1.165) is 6.42 Å². The fourth-order valence-corrected chi connectivity index (χ4v) is 1.12. The molecule has 1 aromatic rings. The van der Waals surface area contributed by atoms with E-state index in [1.54, 1.807) is 0 Å². The number of H-pyrrole nitrogens is 1. The number of rotatable bonds is 4. The number of nitro groups is 1. The Hall–Kier alpha value is -1.92. The first-order valence-electron chi connectivity index (χ1n) is 4.55. The van der Waals surface area contributed by atoms with Crippen molar-refractivity contribution >= 4 is 11.6 Å². The van der Waals surface area contributed by atoms with Crippen molar-refractivity contribution in [2.45, 2.75) is 20.3 Å². The van der Waals surface area contributed by atoms with Gasteiger partial charge < -0.3 is 5.32 Å². The van der Waals surface area contributed by atoms with Crippen LogP contribution in [0.2, 0.25) is 0 Å². The van der Waals surface area contributed by atoms with Crippen molar-refractivity contribution in [2.75, 3.05) is 11.9 Å². The van der Waals surface area contributed by atoms with Gasteiger partial charge in [0.25, 0.3) is 0 Å². The predicted octanol–water partition coefficient (Wildman–Crippen LogP) is 0.808. The number of aromatic amines is 1. The molecule has 82 valence electrons. The molecule has 2 N–H and O–H groups in total. The van der Waals surface area contributed by atoms with Gasteiger partial charge in [0, 0.05) is 6.54 Å². The Bertz CT molecular complexity index is 426. The van der Waals surface area contributed by atoms with E-state index in [4.69, 9.17) is 0 Å². The highest BCUT2D eigenvalue weighted by atomic mass is 16.6. The molecule has 0 fully saturated rings. The molecule has 0 amide bonds. The Morgan fingerprint density at radius 2 is 2.27 bits per heavy atom. The minimum atomic E-state index is -0.731. The standard InChI is InChI=1S/C8H12N4O3/c1-3-4-9-8-10-5(2)6(12(14)15)7(13)11-8/h3-4H2,1-2H3,(H2,9,10,11,13). The van der Waals surface area contributed by atoms with Crippen molar-refractivity contribution in [3.63, 3.8) is 0 Å². The van der Waals surface area contributed by atoms with Crippen molar-refractivity contribution in [2.24, 2.45) is 0 Å². The molecule has 0 aromatic carbocycles. The van der Waals surface area contributed by atoms with E-state index in [1.165, 1.54) is 6.92 Å².